The van der Waals surface area contributed by atoms with Crippen molar-refractivity contribution in [3.63, 3.8) is 0 Å². The molecular formula is C10H15N3. The van der Waals surface area contributed by atoms with Crippen LogP contribution in [0.1, 0.15) is 18.1 Å². The Labute approximate surface area is 78.5 Å². The van der Waals surface area contributed by atoms with Crippen molar-refractivity contribution in [2.24, 2.45) is 5.73 Å². The highest BCUT2D eigenvalue weighted by atomic mass is 14.9. The SMILES string of the molecule is CC(=N)NCc1ccc(CN)cc1. The summed E-state index contributed by atoms with van der Waals surface area (Å²) in [6, 6.07) is 8.07. The van der Waals surface area contributed by atoms with E-state index in [2.05, 4.69) is 5.32 Å². The van der Waals surface area contributed by atoms with Crippen LogP contribution >= 0.6 is 0 Å². The van der Waals surface area contributed by atoms with Gasteiger partial charge in [0.2, 0.25) is 0 Å². The molecule has 0 saturated carbocycles. The fourth-order valence-corrected chi connectivity index (χ4v) is 1.03. The lowest BCUT2D eigenvalue weighted by Gasteiger charge is -2.04. The highest BCUT2D eigenvalue weighted by Gasteiger charge is 1.92. The van der Waals surface area contributed by atoms with Gasteiger partial charge in [-0.05, 0) is 18.1 Å². The molecule has 0 aliphatic rings. The minimum atomic E-state index is 0.489. The van der Waals surface area contributed by atoms with E-state index in [4.69, 9.17) is 11.1 Å². The predicted octanol–water partition coefficient (Wildman–Crippen LogP) is 1.23. The lowest BCUT2D eigenvalue weighted by atomic mass is 10.1. The summed E-state index contributed by atoms with van der Waals surface area (Å²) in [4.78, 5) is 0. The van der Waals surface area contributed by atoms with Gasteiger partial charge in [0, 0.05) is 13.1 Å². The zero-order chi connectivity index (χ0) is 9.68. The van der Waals surface area contributed by atoms with Crippen molar-refractivity contribution in [3.05, 3.63) is 35.4 Å². The topological polar surface area (TPSA) is 61.9 Å². The highest BCUT2D eigenvalue weighted by molar-refractivity contribution is 5.75. The zero-order valence-electron chi connectivity index (χ0n) is 7.80. The molecule has 1 rings (SSSR count). The fourth-order valence-electron chi connectivity index (χ4n) is 1.03. The number of benzene rings is 1. The molecule has 0 radical (unpaired) electrons. The lowest BCUT2D eigenvalue weighted by molar-refractivity contribution is 0.900. The number of hydrogen-bond donors (Lipinski definition) is 3. The van der Waals surface area contributed by atoms with Crippen LogP contribution in [0.15, 0.2) is 24.3 Å². The summed E-state index contributed by atoms with van der Waals surface area (Å²) in [5.41, 5.74) is 7.78. The van der Waals surface area contributed by atoms with Crippen LogP contribution in [0.2, 0.25) is 0 Å². The number of hydrogen-bond acceptors (Lipinski definition) is 2. The smallest absolute Gasteiger partial charge is 0.0902 e. The van der Waals surface area contributed by atoms with Gasteiger partial charge in [0.15, 0.2) is 0 Å². The Morgan fingerprint density at radius 2 is 1.85 bits per heavy atom. The molecule has 3 nitrogen and oxygen atoms in total. The molecule has 0 aromatic heterocycles. The van der Waals surface area contributed by atoms with E-state index in [0.29, 0.717) is 18.9 Å². The van der Waals surface area contributed by atoms with Gasteiger partial charge in [-0.15, -0.1) is 0 Å². The standard InChI is InChI=1S/C10H15N3/c1-8(12)13-7-10-4-2-9(6-11)3-5-10/h2-5H,6-7,11H2,1H3,(H2,12,13). The fraction of sp³-hybridized carbons (Fsp3) is 0.300. The molecule has 0 fully saturated rings. The Kier molecular flexibility index (Phi) is 3.46. The summed E-state index contributed by atoms with van der Waals surface area (Å²) in [6.07, 6.45) is 0. The molecule has 0 unspecified atom stereocenters. The molecule has 0 saturated heterocycles. The number of nitrogens with one attached hydrogen (secondary N) is 2. The molecule has 0 atom stereocenters. The van der Waals surface area contributed by atoms with Crippen LogP contribution in [-0.4, -0.2) is 5.84 Å². The summed E-state index contributed by atoms with van der Waals surface area (Å²) in [5.74, 6) is 0.489. The predicted molar refractivity (Wildman–Crippen MR) is 54.6 cm³/mol. The monoisotopic (exact) mass is 177 g/mol. The van der Waals surface area contributed by atoms with Crippen molar-refractivity contribution in [1.82, 2.24) is 5.32 Å². The van der Waals surface area contributed by atoms with Crippen LogP contribution in [0.4, 0.5) is 0 Å². The third kappa shape index (κ3) is 3.25. The Morgan fingerprint density at radius 1 is 1.31 bits per heavy atom. The van der Waals surface area contributed by atoms with E-state index >= 15 is 0 Å². The second kappa shape index (κ2) is 4.62. The number of rotatable bonds is 3. The van der Waals surface area contributed by atoms with Gasteiger partial charge in [0.1, 0.15) is 0 Å². The van der Waals surface area contributed by atoms with Gasteiger partial charge < -0.3 is 11.1 Å². The van der Waals surface area contributed by atoms with E-state index in [1.807, 2.05) is 24.3 Å². The molecule has 0 aliphatic carbocycles. The Hall–Kier alpha value is -1.35. The molecule has 0 heterocycles. The summed E-state index contributed by atoms with van der Waals surface area (Å²) in [7, 11) is 0. The lowest BCUT2D eigenvalue weighted by Crippen LogP contribution is -2.18. The Morgan fingerprint density at radius 3 is 2.31 bits per heavy atom. The van der Waals surface area contributed by atoms with E-state index in [-0.39, 0.29) is 0 Å². The molecule has 0 bridgehead atoms. The summed E-state index contributed by atoms with van der Waals surface area (Å²) in [6.45, 7) is 3.02. The Bertz CT molecular complexity index is 277. The molecule has 0 aliphatic heterocycles. The minimum absolute atomic E-state index is 0.489. The van der Waals surface area contributed by atoms with Gasteiger partial charge in [0.25, 0.3) is 0 Å². The van der Waals surface area contributed by atoms with Crippen LogP contribution < -0.4 is 11.1 Å². The first kappa shape index (κ1) is 9.74. The second-order valence-corrected chi connectivity index (χ2v) is 3.00. The number of amidine groups is 1. The molecular weight excluding hydrogens is 162 g/mol. The van der Waals surface area contributed by atoms with Crippen molar-refractivity contribution in [2.75, 3.05) is 0 Å². The van der Waals surface area contributed by atoms with Crippen LogP contribution in [0.25, 0.3) is 0 Å². The average Bonchev–Trinajstić information content (AvgIpc) is 2.15. The van der Waals surface area contributed by atoms with Gasteiger partial charge in [-0.25, -0.2) is 0 Å². The van der Waals surface area contributed by atoms with Gasteiger partial charge in [-0.1, -0.05) is 24.3 Å². The quantitative estimate of drug-likeness (QED) is 0.480. The Balaban J connectivity index is 2.54. The van der Waals surface area contributed by atoms with Crippen LogP contribution in [0, 0.1) is 5.41 Å². The molecule has 1 aromatic carbocycles. The van der Waals surface area contributed by atoms with E-state index in [0.717, 1.165) is 5.56 Å². The molecule has 0 spiro atoms. The molecule has 1 aromatic rings. The van der Waals surface area contributed by atoms with E-state index in [1.54, 1.807) is 6.92 Å². The largest absolute Gasteiger partial charge is 0.370 e. The molecule has 13 heavy (non-hydrogen) atoms. The van der Waals surface area contributed by atoms with Gasteiger partial charge in [-0.3, -0.25) is 5.41 Å². The van der Waals surface area contributed by atoms with E-state index in [1.165, 1.54) is 5.56 Å². The van der Waals surface area contributed by atoms with Crippen molar-refractivity contribution >= 4 is 5.84 Å². The van der Waals surface area contributed by atoms with E-state index in [9.17, 15) is 0 Å². The first-order valence-corrected chi connectivity index (χ1v) is 4.29. The van der Waals surface area contributed by atoms with Crippen molar-refractivity contribution in [1.29, 1.82) is 5.41 Å². The third-order valence-corrected chi connectivity index (χ3v) is 1.82. The van der Waals surface area contributed by atoms with Gasteiger partial charge in [0.05, 0.1) is 5.84 Å². The van der Waals surface area contributed by atoms with Crippen molar-refractivity contribution in [2.45, 2.75) is 20.0 Å². The average molecular weight is 177 g/mol. The summed E-state index contributed by atoms with van der Waals surface area (Å²) < 4.78 is 0. The highest BCUT2D eigenvalue weighted by Crippen LogP contribution is 2.02. The van der Waals surface area contributed by atoms with Crippen LogP contribution in [-0.2, 0) is 13.1 Å². The third-order valence-electron chi connectivity index (χ3n) is 1.82. The zero-order valence-corrected chi connectivity index (χ0v) is 7.80. The molecule has 70 valence electrons. The van der Waals surface area contributed by atoms with Crippen LogP contribution in [0.3, 0.4) is 0 Å². The normalized spacial score (nSPS) is 9.69. The molecule has 3 heteroatoms. The second-order valence-electron chi connectivity index (χ2n) is 3.00. The minimum Gasteiger partial charge on any atom is -0.370 e. The maximum atomic E-state index is 7.19. The maximum absolute atomic E-state index is 7.19. The molecule has 4 N–H and O–H groups in total. The van der Waals surface area contributed by atoms with Crippen molar-refractivity contribution in [3.8, 4) is 0 Å². The van der Waals surface area contributed by atoms with Gasteiger partial charge in [-0.2, -0.15) is 0 Å². The first-order chi connectivity index (χ1) is 6.22. The summed E-state index contributed by atoms with van der Waals surface area (Å²) in [5, 5.41) is 10.1. The summed E-state index contributed by atoms with van der Waals surface area (Å²) >= 11 is 0. The number of nitrogens with two attached hydrogens (primary N) is 1. The maximum Gasteiger partial charge on any atom is 0.0902 e. The van der Waals surface area contributed by atoms with Crippen LogP contribution in [0.5, 0.6) is 0 Å². The van der Waals surface area contributed by atoms with Gasteiger partial charge >= 0.3 is 0 Å². The van der Waals surface area contributed by atoms with E-state index < -0.39 is 0 Å². The first-order valence-electron chi connectivity index (χ1n) is 4.29. The molecule has 0 amide bonds. The van der Waals surface area contributed by atoms with Crippen molar-refractivity contribution < 1.29 is 0 Å².